The van der Waals surface area contributed by atoms with Crippen LogP contribution < -0.4 is 0 Å². The fourth-order valence-corrected chi connectivity index (χ4v) is 2.32. The van der Waals surface area contributed by atoms with Gasteiger partial charge in [0.1, 0.15) is 6.10 Å². The van der Waals surface area contributed by atoms with E-state index in [1.807, 2.05) is 24.3 Å². The quantitative estimate of drug-likeness (QED) is 0.320. The summed E-state index contributed by atoms with van der Waals surface area (Å²) in [6, 6.07) is 10.3. The van der Waals surface area contributed by atoms with Crippen LogP contribution in [0.2, 0.25) is 0 Å². The summed E-state index contributed by atoms with van der Waals surface area (Å²) in [5.74, 6) is 6.67. The lowest BCUT2D eigenvalue weighted by Crippen LogP contribution is -2.30. The van der Waals surface area contributed by atoms with Gasteiger partial charge in [-0.2, -0.15) is 0 Å². The van der Waals surface area contributed by atoms with Crippen LogP contribution >= 0.6 is 0 Å². The number of hydrogen-bond acceptors (Lipinski definition) is 1. The Labute approximate surface area is 136 Å². The second-order valence-corrected chi connectivity index (χ2v) is 6.44. The van der Waals surface area contributed by atoms with Crippen LogP contribution in [0.1, 0.15) is 58.4 Å². The van der Waals surface area contributed by atoms with E-state index in [1.165, 1.54) is 24.8 Å². The number of ether oxygens (including phenoxy) is 1. The van der Waals surface area contributed by atoms with Gasteiger partial charge in [0.05, 0.1) is 6.61 Å². The Bertz CT molecular complexity index is 476. The summed E-state index contributed by atoms with van der Waals surface area (Å²) in [5.41, 5.74) is 1.17. The molecule has 0 bridgehead atoms. The Morgan fingerprint density at radius 1 is 1.23 bits per heavy atom. The largest absolute Gasteiger partial charge is 0.360 e. The Balaban J connectivity index is 2.67. The van der Waals surface area contributed by atoms with Crippen molar-refractivity contribution in [1.82, 2.24) is 0 Å². The van der Waals surface area contributed by atoms with Crippen molar-refractivity contribution >= 4 is 0 Å². The Morgan fingerprint density at radius 3 is 2.59 bits per heavy atom. The van der Waals surface area contributed by atoms with E-state index < -0.39 is 0 Å². The molecule has 1 aromatic carbocycles. The molecule has 0 radical (unpaired) electrons. The van der Waals surface area contributed by atoms with E-state index in [4.69, 9.17) is 4.74 Å². The van der Waals surface area contributed by atoms with E-state index in [9.17, 15) is 0 Å². The van der Waals surface area contributed by atoms with E-state index in [2.05, 4.69) is 51.3 Å². The molecule has 0 aliphatic heterocycles. The second kappa shape index (κ2) is 10.2. The van der Waals surface area contributed by atoms with E-state index in [0.717, 1.165) is 12.8 Å². The molecule has 1 nitrogen and oxygen atoms in total. The van der Waals surface area contributed by atoms with Crippen LogP contribution in [-0.2, 0) is 11.3 Å². The summed E-state index contributed by atoms with van der Waals surface area (Å²) in [5, 5.41) is 0. The first-order valence-electron chi connectivity index (χ1n) is 8.35. The summed E-state index contributed by atoms with van der Waals surface area (Å²) in [6.45, 7) is 11.1. The molecule has 0 saturated heterocycles. The van der Waals surface area contributed by atoms with Crippen LogP contribution in [0.3, 0.4) is 0 Å². The highest BCUT2D eigenvalue weighted by Crippen LogP contribution is 2.28. The highest BCUT2D eigenvalue weighted by molar-refractivity contribution is 5.15. The first-order valence-corrected chi connectivity index (χ1v) is 8.35. The zero-order valence-electron chi connectivity index (χ0n) is 14.4. The Morgan fingerprint density at radius 2 is 1.95 bits per heavy atom. The molecule has 1 atom stereocenters. The van der Waals surface area contributed by atoms with Crippen LogP contribution in [-0.4, -0.2) is 6.10 Å². The van der Waals surface area contributed by atoms with Gasteiger partial charge in [-0.15, -0.1) is 12.5 Å². The average Bonchev–Trinajstić information content (AvgIpc) is 2.50. The number of rotatable bonds is 9. The molecule has 120 valence electrons. The van der Waals surface area contributed by atoms with Gasteiger partial charge >= 0.3 is 0 Å². The maximum atomic E-state index is 6.13. The van der Waals surface area contributed by atoms with Crippen LogP contribution in [0.15, 0.2) is 43.0 Å². The lowest BCUT2D eigenvalue weighted by molar-refractivity contribution is 0.00358. The van der Waals surface area contributed by atoms with Gasteiger partial charge in [0.15, 0.2) is 0 Å². The predicted molar refractivity (Wildman–Crippen MR) is 95.5 cm³/mol. The van der Waals surface area contributed by atoms with Gasteiger partial charge in [0, 0.05) is 11.8 Å². The molecule has 1 aromatic rings. The smallest absolute Gasteiger partial charge is 0.124 e. The molecule has 1 rings (SSSR count). The number of hydrogen-bond donors (Lipinski definition) is 0. The third kappa shape index (κ3) is 6.96. The molecule has 0 N–H and O–H groups in total. The molecular weight excluding hydrogens is 268 g/mol. The van der Waals surface area contributed by atoms with Gasteiger partial charge < -0.3 is 4.74 Å². The maximum absolute atomic E-state index is 6.13. The SMILES string of the molecule is C=CCC(C)(C)C(C#CCCCCC)OCc1ccccc1. The molecule has 0 saturated carbocycles. The maximum Gasteiger partial charge on any atom is 0.124 e. The highest BCUT2D eigenvalue weighted by atomic mass is 16.5. The minimum atomic E-state index is -0.0627. The van der Waals surface area contributed by atoms with E-state index >= 15 is 0 Å². The van der Waals surface area contributed by atoms with Gasteiger partial charge in [-0.05, 0) is 18.4 Å². The molecule has 0 amide bonds. The Hall–Kier alpha value is -1.52. The Kier molecular flexibility index (Phi) is 8.63. The van der Waals surface area contributed by atoms with Crippen LogP contribution in [0, 0.1) is 17.3 Å². The summed E-state index contributed by atoms with van der Waals surface area (Å²) in [7, 11) is 0. The number of unbranched alkanes of at least 4 members (excludes halogenated alkanes) is 3. The molecule has 0 aliphatic carbocycles. The molecule has 0 spiro atoms. The lowest BCUT2D eigenvalue weighted by atomic mass is 9.83. The van der Waals surface area contributed by atoms with E-state index in [-0.39, 0.29) is 11.5 Å². The monoisotopic (exact) mass is 298 g/mol. The minimum Gasteiger partial charge on any atom is -0.360 e. The predicted octanol–water partition coefficient (Wildman–Crippen LogP) is 5.76. The second-order valence-electron chi connectivity index (χ2n) is 6.44. The zero-order chi connectivity index (χ0) is 16.3. The van der Waals surface area contributed by atoms with Crippen molar-refractivity contribution in [3.05, 3.63) is 48.6 Å². The molecule has 0 aromatic heterocycles. The van der Waals surface area contributed by atoms with Gasteiger partial charge in [0.2, 0.25) is 0 Å². The van der Waals surface area contributed by atoms with Crippen LogP contribution in [0.4, 0.5) is 0 Å². The summed E-state index contributed by atoms with van der Waals surface area (Å²) in [6.07, 6.45) is 7.42. The van der Waals surface area contributed by atoms with Gasteiger partial charge in [-0.1, -0.05) is 75.9 Å². The highest BCUT2D eigenvalue weighted by Gasteiger charge is 2.27. The molecule has 22 heavy (non-hydrogen) atoms. The van der Waals surface area contributed by atoms with Gasteiger partial charge in [0.25, 0.3) is 0 Å². The third-order valence-corrected chi connectivity index (χ3v) is 3.78. The van der Waals surface area contributed by atoms with Crippen molar-refractivity contribution in [2.24, 2.45) is 5.41 Å². The molecule has 0 fully saturated rings. The van der Waals surface area contributed by atoms with Crippen molar-refractivity contribution in [2.45, 2.75) is 65.6 Å². The van der Waals surface area contributed by atoms with Crippen molar-refractivity contribution in [3.8, 4) is 11.8 Å². The van der Waals surface area contributed by atoms with E-state index in [0.29, 0.717) is 6.61 Å². The molecule has 0 heterocycles. The van der Waals surface area contributed by atoms with E-state index in [1.54, 1.807) is 0 Å². The number of allylic oxidation sites excluding steroid dienone is 1. The van der Waals surface area contributed by atoms with Crippen molar-refractivity contribution in [2.75, 3.05) is 0 Å². The normalized spacial score (nSPS) is 12.3. The number of benzene rings is 1. The van der Waals surface area contributed by atoms with Crippen molar-refractivity contribution in [1.29, 1.82) is 0 Å². The summed E-state index contributed by atoms with van der Waals surface area (Å²) < 4.78 is 6.13. The van der Waals surface area contributed by atoms with Crippen LogP contribution in [0.5, 0.6) is 0 Å². The van der Waals surface area contributed by atoms with Gasteiger partial charge in [-0.25, -0.2) is 0 Å². The standard InChI is InChI=1S/C21H30O/c1-5-7-8-9-13-16-20(21(3,4)17-6-2)22-18-19-14-11-10-12-15-19/h6,10-12,14-15,20H,2,5,7-9,17-18H2,1,3-4H3. The summed E-state index contributed by atoms with van der Waals surface area (Å²) in [4.78, 5) is 0. The first-order chi connectivity index (χ1) is 10.6. The van der Waals surface area contributed by atoms with Crippen LogP contribution in [0.25, 0.3) is 0 Å². The molecular formula is C21H30O. The lowest BCUT2D eigenvalue weighted by Gasteiger charge is -2.30. The average molecular weight is 298 g/mol. The van der Waals surface area contributed by atoms with Gasteiger partial charge in [-0.3, -0.25) is 0 Å². The van der Waals surface area contributed by atoms with Crippen molar-refractivity contribution in [3.63, 3.8) is 0 Å². The fraction of sp³-hybridized carbons (Fsp3) is 0.524. The summed E-state index contributed by atoms with van der Waals surface area (Å²) >= 11 is 0. The molecule has 1 unspecified atom stereocenters. The fourth-order valence-electron chi connectivity index (χ4n) is 2.32. The topological polar surface area (TPSA) is 9.23 Å². The molecule has 1 heteroatoms. The molecule has 0 aliphatic rings. The van der Waals surface area contributed by atoms with Crippen molar-refractivity contribution < 1.29 is 4.74 Å². The zero-order valence-corrected chi connectivity index (χ0v) is 14.4. The third-order valence-electron chi connectivity index (χ3n) is 3.78. The first kappa shape index (κ1) is 18.5. The minimum absolute atomic E-state index is 0.0196.